The number of benzene rings is 1. The van der Waals surface area contributed by atoms with Crippen molar-refractivity contribution in [2.75, 3.05) is 26.2 Å². The molecule has 1 fully saturated rings. The third kappa shape index (κ3) is 4.50. The normalized spacial score (nSPS) is 15.7. The Balaban J connectivity index is 2.00. The van der Waals surface area contributed by atoms with Crippen LogP contribution in [-0.4, -0.2) is 47.8 Å². The summed E-state index contributed by atoms with van der Waals surface area (Å²) in [6.45, 7) is 5.99. The van der Waals surface area contributed by atoms with Gasteiger partial charge in [0, 0.05) is 38.2 Å². The Kier molecular flexibility index (Phi) is 5.69. The van der Waals surface area contributed by atoms with Crippen molar-refractivity contribution in [2.45, 2.75) is 26.7 Å². The molecule has 1 aliphatic heterocycles. The highest BCUT2D eigenvalue weighted by Crippen LogP contribution is 2.14. The lowest BCUT2D eigenvalue weighted by atomic mass is 10.1. The summed E-state index contributed by atoms with van der Waals surface area (Å²) in [5, 5.41) is 0. The van der Waals surface area contributed by atoms with Crippen LogP contribution in [-0.2, 0) is 4.79 Å². The number of hydrogen-bond donors (Lipinski definition) is 0. The van der Waals surface area contributed by atoms with E-state index in [1.165, 1.54) is 6.07 Å². The number of hydrogen-bond acceptors (Lipinski definition) is 2. The van der Waals surface area contributed by atoms with Gasteiger partial charge in [-0.3, -0.25) is 9.59 Å². The molecular weight excluding hydrogens is 302 g/mol. The second-order valence-corrected chi connectivity index (χ2v) is 6.25. The number of nitrogens with zero attached hydrogens (tertiary/aromatic N) is 2. The molecule has 1 aromatic carbocycles. The molecule has 0 radical (unpaired) electrons. The highest BCUT2D eigenvalue weighted by Gasteiger charge is 2.23. The highest BCUT2D eigenvalue weighted by molar-refractivity contribution is 5.94. The van der Waals surface area contributed by atoms with Gasteiger partial charge >= 0.3 is 0 Å². The van der Waals surface area contributed by atoms with Crippen molar-refractivity contribution >= 4 is 11.8 Å². The molecule has 1 aliphatic rings. The Labute approximate surface area is 135 Å². The summed E-state index contributed by atoms with van der Waals surface area (Å²) < 4.78 is 26.2. The molecule has 0 bridgehead atoms. The standard InChI is InChI=1S/C17H22F2N2O2/c1-12(2)10-16(22)20-6-3-7-21(9-8-20)17(23)13-4-5-14(18)15(19)11-13/h4-5,11-12H,3,6-10H2,1-2H3. The summed E-state index contributed by atoms with van der Waals surface area (Å²) in [4.78, 5) is 27.9. The fourth-order valence-corrected chi connectivity index (χ4v) is 2.66. The minimum absolute atomic E-state index is 0.0992. The Bertz CT molecular complexity index is 590. The summed E-state index contributed by atoms with van der Waals surface area (Å²) in [5.74, 6) is -1.93. The van der Waals surface area contributed by atoms with E-state index in [1.807, 2.05) is 13.8 Å². The van der Waals surface area contributed by atoms with Crippen molar-refractivity contribution in [3.63, 3.8) is 0 Å². The predicted molar refractivity (Wildman–Crippen MR) is 82.9 cm³/mol. The van der Waals surface area contributed by atoms with E-state index in [9.17, 15) is 18.4 Å². The minimum Gasteiger partial charge on any atom is -0.341 e. The van der Waals surface area contributed by atoms with E-state index in [4.69, 9.17) is 0 Å². The maximum atomic E-state index is 13.3. The van der Waals surface area contributed by atoms with Gasteiger partial charge in [0.1, 0.15) is 0 Å². The van der Waals surface area contributed by atoms with Crippen LogP contribution in [0.1, 0.15) is 37.0 Å². The number of rotatable bonds is 3. The van der Waals surface area contributed by atoms with E-state index < -0.39 is 11.6 Å². The molecule has 2 rings (SSSR count). The zero-order valence-corrected chi connectivity index (χ0v) is 13.5. The van der Waals surface area contributed by atoms with Crippen molar-refractivity contribution in [1.82, 2.24) is 9.80 Å². The summed E-state index contributed by atoms with van der Waals surface area (Å²) in [6.07, 6.45) is 1.18. The van der Waals surface area contributed by atoms with Gasteiger partial charge in [0.25, 0.3) is 5.91 Å². The minimum atomic E-state index is -1.03. The lowest BCUT2D eigenvalue weighted by Gasteiger charge is -2.23. The summed E-state index contributed by atoms with van der Waals surface area (Å²) in [6, 6.07) is 3.16. The van der Waals surface area contributed by atoms with E-state index in [2.05, 4.69) is 0 Å². The molecule has 0 atom stereocenters. The molecule has 0 saturated carbocycles. The Morgan fingerprint density at radius 1 is 1.04 bits per heavy atom. The van der Waals surface area contributed by atoms with Crippen molar-refractivity contribution in [3.8, 4) is 0 Å². The van der Waals surface area contributed by atoms with Gasteiger partial charge in [-0.05, 0) is 30.5 Å². The first kappa shape index (κ1) is 17.4. The van der Waals surface area contributed by atoms with Crippen LogP contribution in [0.4, 0.5) is 8.78 Å². The maximum Gasteiger partial charge on any atom is 0.254 e. The van der Waals surface area contributed by atoms with Crippen molar-refractivity contribution in [2.24, 2.45) is 5.92 Å². The van der Waals surface area contributed by atoms with Crippen molar-refractivity contribution in [1.29, 1.82) is 0 Å². The van der Waals surface area contributed by atoms with Gasteiger partial charge in [0.15, 0.2) is 11.6 Å². The monoisotopic (exact) mass is 324 g/mol. The molecule has 4 nitrogen and oxygen atoms in total. The zero-order valence-electron chi connectivity index (χ0n) is 13.5. The Morgan fingerprint density at radius 2 is 1.70 bits per heavy atom. The third-order valence-electron chi connectivity index (χ3n) is 3.89. The lowest BCUT2D eigenvalue weighted by Crippen LogP contribution is -2.37. The van der Waals surface area contributed by atoms with Gasteiger partial charge in [-0.1, -0.05) is 13.8 Å². The van der Waals surface area contributed by atoms with Crippen molar-refractivity contribution in [3.05, 3.63) is 35.4 Å². The summed E-state index contributed by atoms with van der Waals surface area (Å²) in [7, 11) is 0. The highest BCUT2D eigenvalue weighted by atomic mass is 19.2. The second-order valence-electron chi connectivity index (χ2n) is 6.25. The van der Waals surface area contributed by atoms with Crippen LogP contribution in [0, 0.1) is 17.6 Å². The molecule has 1 heterocycles. The molecule has 0 unspecified atom stereocenters. The number of halogens is 2. The SMILES string of the molecule is CC(C)CC(=O)N1CCCN(C(=O)c2ccc(F)c(F)c2)CC1. The van der Waals surface area contributed by atoms with Gasteiger partial charge in [-0.25, -0.2) is 8.78 Å². The molecule has 126 valence electrons. The smallest absolute Gasteiger partial charge is 0.254 e. The number of carbonyl (C=O) groups is 2. The van der Waals surface area contributed by atoms with Gasteiger partial charge in [-0.15, -0.1) is 0 Å². The molecule has 6 heteroatoms. The van der Waals surface area contributed by atoms with E-state index in [1.54, 1.807) is 9.80 Å². The molecular formula is C17H22F2N2O2. The Hall–Kier alpha value is -1.98. The first-order chi connectivity index (χ1) is 10.9. The topological polar surface area (TPSA) is 40.6 Å². The molecule has 1 saturated heterocycles. The van der Waals surface area contributed by atoms with Gasteiger partial charge in [0.05, 0.1) is 0 Å². The van der Waals surface area contributed by atoms with Crippen LogP contribution >= 0.6 is 0 Å². The first-order valence-corrected chi connectivity index (χ1v) is 7.90. The molecule has 0 N–H and O–H groups in total. The van der Waals surface area contributed by atoms with Gasteiger partial charge < -0.3 is 9.80 Å². The van der Waals surface area contributed by atoms with Crippen LogP contribution < -0.4 is 0 Å². The van der Waals surface area contributed by atoms with Gasteiger partial charge in [-0.2, -0.15) is 0 Å². The first-order valence-electron chi connectivity index (χ1n) is 7.90. The molecule has 0 aromatic heterocycles. The quantitative estimate of drug-likeness (QED) is 0.858. The van der Waals surface area contributed by atoms with Crippen LogP contribution in [0.15, 0.2) is 18.2 Å². The molecule has 2 amide bonds. The number of carbonyl (C=O) groups excluding carboxylic acids is 2. The van der Waals surface area contributed by atoms with E-state index in [-0.39, 0.29) is 17.4 Å². The zero-order chi connectivity index (χ0) is 17.0. The van der Waals surface area contributed by atoms with E-state index >= 15 is 0 Å². The van der Waals surface area contributed by atoms with Crippen LogP contribution in [0.3, 0.4) is 0 Å². The second kappa shape index (κ2) is 7.53. The third-order valence-corrected chi connectivity index (χ3v) is 3.89. The predicted octanol–water partition coefficient (Wildman–Crippen LogP) is 2.69. The molecule has 1 aromatic rings. The molecule has 0 spiro atoms. The summed E-state index contributed by atoms with van der Waals surface area (Å²) in [5.41, 5.74) is 0.130. The average Bonchev–Trinajstić information content (AvgIpc) is 2.74. The molecule has 0 aliphatic carbocycles. The van der Waals surface area contributed by atoms with Crippen LogP contribution in [0.2, 0.25) is 0 Å². The van der Waals surface area contributed by atoms with Gasteiger partial charge in [0.2, 0.25) is 5.91 Å². The van der Waals surface area contributed by atoms with E-state index in [0.717, 1.165) is 12.1 Å². The summed E-state index contributed by atoms with van der Waals surface area (Å²) >= 11 is 0. The number of amides is 2. The van der Waals surface area contributed by atoms with Crippen LogP contribution in [0.5, 0.6) is 0 Å². The fraction of sp³-hybridized carbons (Fsp3) is 0.529. The van der Waals surface area contributed by atoms with E-state index in [0.29, 0.717) is 44.9 Å². The molecule has 23 heavy (non-hydrogen) atoms. The maximum absolute atomic E-state index is 13.3. The Morgan fingerprint density at radius 3 is 2.35 bits per heavy atom. The van der Waals surface area contributed by atoms with Crippen molar-refractivity contribution < 1.29 is 18.4 Å². The lowest BCUT2D eigenvalue weighted by molar-refractivity contribution is -0.131. The largest absolute Gasteiger partial charge is 0.341 e. The fourth-order valence-electron chi connectivity index (χ4n) is 2.66. The van der Waals surface area contributed by atoms with Crippen LogP contribution in [0.25, 0.3) is 0 Å². The average molecular weight is 324 g/mol.